The predicted octanol–water partition coefficient (Wildman–Crippen LogP) is 10.6. The number of aromatic nitrogens is 2. The second kappa shape index (κ2) is 14.3. The average molecular weight is 840 g/mol. The van der Waals surface area contributed by atoms with E-state index in [1.54, 1.807) is 0 Å². The van der Waals surface area contributed by atoms with Crippen molar-refractivity contribution < 1.29 is 24.5 Å². The molecule has 5 heteroatoms. The van der Waals surface area contributed by atoms with Gasteiger partial charge in [0.25, 0.3) is 0 Å². The first kappa shape index (κ1) is 33.5. The van der Waals surface area contributed by atoms with Crippen molar-refractivity contribution in [2.75, 3.05) is 0 Å². The van der Waals surface area contributed by atoms with Crippen LogP contribution in [0.2, 0.25) is 17.3 Å². The van der Waals surface area contributed by atoms with Crippen LogP contribution in [0.5, 0.6) is 0 Å². The summed E-state index contributed by atoms with van der Waals surface area (Å²) in [5, 5.41) is 2.22. The van der Waals surface area contributed by atoms with Crippen LogP contribution in [0.1, 0.15) is 30.9 Å². The summed E-state index contributed by atoms with van der Waals surface area (Å²) >= 11 is -1.72. The van der Waals surface area contributed by atoms with Gasteiger partial charge in [0.15, 0.2) is 0 Å². The van der Waals surface area contributed by atoms with Crippen molar-refractivity contribution in [3.63, 3.8) is 0 Å². The van der Waals surface area contributed by atoms with E-state index in [-0.39, 0.29) is 20.1 Å². The van der Waals surface area contributed by atoms with Crippen LogP contribution in [0.15, 0.2) is 120 Å². The maximum atomic E-state index is 6.13. The van der Waals surface area contributed by atoms with Crippen molar-refractivity contribution in [1.29, 1.82) is 0 Å². The molecule has 0 unspecified atom stereocenters. The average Bonchev–Trinajstić information content (AvgIpc) is 3.43. The summed E-state index contributed by atoms with van der Waals surface area (Å²) in [6.07, 6.45) is 4.00. The quantitative estimate of drug-likeness (QED) is 0.128. The molecule has 0 saturated carbocycles. The van der Waals surface area contributed by atoms with Crippen LogP contribution in [0.3, 0.4) is 0 Å². The minimum absolute atomic E-state index is 0. The number of pyridine rings is 2. The van der Waals surface area contributed by atoms with E-state index in [1.165, 1.54) is 21.1 Å². The summed E-state index contributed by atoms with van der Waals surface area (Å²) in [6, 6.07) is 41.9. The number of aryl methyl sites for hydroxylation is 1. The number of hydrogen-bond acceptors (Lipinski definition) is 3. The van der Waals surface area contributed by atoms with Gasteiger partial charge in [-0.2, -0.15) is 0 Å². The van der Waals surface area contributed by atoms with Crippen molar-refractivity contribution >= 4 is 39.6 Å². The Morgan fingerprint density at radius 1 is 0.674 bits per heavy atom. The summed E-state index contributed by atoms with van der Waals surface area (Å²) < 4.78 is 7.58. The molecule has 0 saturated heterocycles. The first-order valence-electron chi connectivity index (χ1n) is 15.5. The largest absolute Gasteiger partial charge is 0 e. The van der Waals surface area contributed by atoms with Gasteiger partial charge in [-0.25, -0.2) is 0 Å². The molecule has 0 amide bonds. The van der Waals surface area contributed by atoms with E-state index in [0.717, 1.165) is 50.0 Å². The summed E-state index contributed by atoms with van der Waals surface area (Å²) in [4.78, 5) is 9.19. The van der Waals surface area contributed by atoms with Crippen molar-refractivity contribution in [1.82, 2.24) is 9.97 Å². The molecule has 0 spiro atoms. The van der Waals surface area contributed by atoms with E-state index >= 15 is 0 Å². The Kier molecular flexibility index (Phi) is 10.4. The second-order valence-electron chi connectivity index (χ2n) is 12.8. The first-order chi connectivity index (χ1) is 21.7. The number of hydrogen-bond donors (Lipinski definition) is 0. The van der Waals surface area contributed by atoms with Crippen molar-refractivity contribution in [3.8, 4) is 33.6 Å². The van der Waals surface area contributed by atoms with Crippen molar-refractivity contribution in [3.05, 3.63) is 139 Å². The Labute approximate surface area is 288 Å². The van der Waals surface area contributed by atoms with Crippen LogP contribution in [0.4, 0.5) is 0 Å². The molecule has 0 bridgehead atoms. The fourth-order valence-corrected chi connectivity index (χ4v) is 7.71. The fourth-order valence-electron chi connectivity index (χ4n) is 5.54. The van der Waals surface area contributed by atoms with E-state index < -0.39 is 13.3 Å². The Hall–Kier alpha value is -3.83. The van der Waals surface area contributed by atoms with Crippen molar-refractivity contribution in [2.45, 2.75) is 44.0 Å². The first-order valence-corrected chi connectivity index (χ1v) is 22.9. The number of nitrogens with zero attached hydrogens (tertiary/aromatic N) is 2. The van der Waals surface area contributed by atoms with Gasteiger partial charge in [-0.15, -0.1) is 23.8 Å². The van der Waals surface area contributed by atoms with Crippen molar-refractivity contribution in [2.24, 2.45) is 0 Å². The van der Waals surface area contributed by atoms with Crippen LogP contribution in [0.25, 0.3) is 55.6 Å². The molecule has 233 valence electrons. The monoisotopic (exact) mass is 841 g/mol. The fraction of sp³-hybridized carbons (Fsp3) is 0.171. The molecule has 0 aliphatic carbocycles. The van der Waals surface area contributed by atoms with Crippen LogP contribution in [-0.2, 0) is 20.1 Å². The van der Waals surface area contributed by atoms with Crippen LogP contribution in [0, 0.1) is 19.1 Å². The number of fused-ring (bicyclic) bond motifs is 3. The van der Waals surface area contributed by atoms with Gasteiger partial charge in [0.2, 0.25) is 0 Å². The molecule has 0 aliphatic rings. The van der Waals surface area contributed by atoms with E-state index in [2.05, 4.69) is 127 Å². The van der Waals surface area contributed by atoms with Gasteiger partial charge in [-0.05, 0) is 46.9 Å². The molecule has 0 atom stereocenters. The molecule has 3 nitrogen and oxygen atoms in total. The van der Waals surface area contributed by atoms with Crippen LogP contribution < -0.4 is 4.40 Å². The molecule has 7 rings (SSSR count). The number of furan rings is 1. The van der Waals surface area contributed by atoms with Gasteiger partial charge in [-0.1, -0.05) is 67.8 Å². The summed E-state index contributed by atoms with van der Waals surface area (Å²) in [7, 11) is 0. The maximum absolute atomic E-state index is 6.13. The Bertz CT molecular complexity index is 2060. The van der Waals surface area contributed by atoms with Gasteiger partial charge < -0.3 is 9.40 Å². The topological polar surface area (TPSA) is 38.9 Å². The van der Waals surface area contributed by atoms with Gasteiger partial charge in [0.05, 0.1) is 5.58 Å². The molecule has 0 aliphatic heterocycles. The molecular formula is C41H38GeIrN2O-2. The molecule has 4 aromatic carbocycles. The zero-order chi connectivity index (χ0) is 31.6. The van der Waals surface area contributed by atoms with Crippen LogP contribution in [-0.4, -0.2) is 23.2 Å². The third-order valence-corrected chi connectivity index (χ3v) is 12.4. The summed E-state index contributed by atoms with van der Waals surface area (Å²) in [5.41, 5.74) is 10.7. The molecule has 7 aromatic rings. The van der Waals surface area contributed by atoms with Crippen LogP contribution >= 0.6 is 0 Å². The van der Waals surface area contributed by atoms with Gasteiger partial charge >= 0.3 is 99.8 Å². The molecule has 1 radical (unpaired) electrons. The van der Waals surface area contributed by atoms with E-state index in [4.69, 9.17) is 4.42 Å². The SMILES string of the molecule is Cc1cnc(-c2[c-]cc3oc4cc(-c5ccccc5)ccc4c3c2)cc1C(C)C.[CH3][Ge]([CH3])([CH3])[c]1ccc(-c2[c-]cccc2)nc1.[Ir]. The third-order valence-electron chi connectivity index (χ3n) is 8.17. The molecule has 46 heavy (non-hydrogen) atoms. The minimum atomic E-state index is -1.72. The Balaban J connectivity index is 0.000000209. The standard InChI is InChI=1S/C27H22NO.C14H16GeN.Ir/c1-17(2)23-15-25(28-16-18(23)3)21-10-12-26-24(13-21)22-11-9-20(14-27(22)29-26)19-7-5-4-6-8-19;1-15(2,3)13-9-10-14(16-11-13)12-7-5-4-6-8-12;/h4-9,11-17H,1-3H3;4-7,9-11H,1-3H3;/q2*-1;. The summed E-state index contributed by atoms with van der Waals surface area (Å²) in [5.74, 6) is 7.61. The zero-order valence-electron chi connectivity index (χ0n) is 27.2. The maximum Gasteiger partial charge on any atom is 0 e. The van der Waals surface area contributed by atoms with Gasteiger partial charge in [0.1, 0.15) is 5.58 Å². The molecular weight excluding hydrogens is 801 g/mol. The van der Waals surface area contributed by atoms with E-state index in [1.807, 2.05) is 48.8 Å². The molecule has 0 fully saturated rings. The summed E-state index contributed by atoms with van der Waals surface area (Å²) in [6.45, 7) is 6.55. The Morgan fingerprint density at radius 3 is 2.11 bits per heavy atom. The number of rotatable bonds is 5. The smallest absolute Gasteiger partial charge is 0 e. The number of benzene rings is 4. The third kappa shape index (κ3) is 7.42. The Morgan fingerprint density at radius 2 is 1.43 bits per heavy atom. The van der Waals surface area contributed by atoms with Gasteiger partial charge in [0, 0.05) is 31.7 Å². The van der Waals surface area contributed by atoms with E-state index in [0.29, 0.717) is 5.92 Å². The second-order valence-corrected chi connectivity index (χ2v) is 23.5. The minimum Gasteiger partial charge on any atom is 0 e. The van der Waals surface area contributed by atoms with E-state index in [9.17, 15) is 0 Å². The zero-order valence-corrected chi connectivity index (χ0v) is 31.7. The molecule has 3 heterocycles. The normalized spacial score (nSPS) is 11.3. The predicted molar refractivity (Wildman–Crippen MR) is 192 cm³/mol. The molecule has 3 aromatic heterocycles. The molecule has 0 N–H and O–H groups in total. The van der Waals surface area contributed by atoms with Gasteiger partial charge in [-0.3, -0.25) is 0 Å².